The van der Waals surface area contributed by atoms with Gasteiger partial charge >= 0.3 is 0 Å². The quantitative estimate of drug-likeness (QED) is 0.624. The van der Waals surface area contributed by atoms with Gasteiger partial charge in [-0.15, -0.1) is 0 Å². The molecule has 0 aliphatic carbocycles. The lowest BCUT2D eigenvalue weighted by Gasteiger charge is -2.02. The third-order valence-corrected chi connectivity index (χ3v) is 1.55. The maximum absolute atomic E-state index is 5.71. The van der Waals surface area contributed by atoms with Crippen LogP contribution >= 0.6 is 11.6 Å². The van der Waals surface area contributed by atoms with E-state index in [1.165, 1.54) is 0 Å². The Kier molecular flexibility index (Phi) is 2.49. The molecule has 0 amide bonds. The fourth-order valence-corrected chi connectivity index (χ4v) is 0.944. The standard InChI is InChI=1S/C8H8ClNO/c1-10-7-4-3-6(9)5-8(7)11-2/h3-5H,1H2,2H3. The predicted octanol–water partition coefficient (Wildman–Crippen LogP) is 2.68. The molecule has 2 nitrogen and oxygen atoms in total. The lowest BCUT2D eigenvalue weighted by molar-refractivity contribution is 0.416. The van der Waals surface area contributed by atoms with E-state index in [9.17, 15) is 0 Å². The van der Waals surface area contributed by atoms with Crippen molar-refractivity contribution in [2.75, 3.05) is 7.11 Å². The summed E-state index contributed by atoms with van der Waals surface area (Å²) in [7, 11) is 1.57. The second-order valence-electron chi connectivity index (χ2n) is 1.97. The predicted molar refractivity (Wildman–Crippen MR) is 47.2 cm³/mol. The van der Waals surface area contributed by atoms with Crippen molar-refractivity contribution >= 4 is 24.0 Å². The molecule has 0 aliphatic rings. The van der Waals surface area contributed by atoms with Crippen LogP contribution in [0.15, 0.2) is 23.2 Å². The molecule has 0 saturated carbocycles. The molecule has 1 aromatic carbocycles. The van der Waals surface area contributed by atoms with Crippen LogP contribution in [0, 0.1) is 0 Å². The Morgan fingerprint density at radius 3 is 2.82 bits per heavy atom. The third kappa shape index (κ3) is 1.71. The highest BCUT2D eigenvalue weighted by molar-refractivity contribution is 6.30. The van der Waals surface area contributed by atoms with Crippen LogP contribution in [-0.4, -0.2) is 13.8 Å². The highest BCUT2D eigenvalue weighted by Gasteiger charge is 1.99. The normalized spacial score (nSPS) is 9.27. The van der Waals surface area contributed by atoms with Crippen molar-refractivity contribution in [3.8, 4) is 5.75 Å². The number of benzene rings is 1. The van der Waals surface area contributed by atoms with Crippen molar-refractivity contribution < 1.29 is 4.74 Å². The molecule has 1 aromatic rings. The topological polar surface area (TPSA) is 21.6 Å². The van der Waals surface area contributed by atoms with Crippen LogP contribution in [0.3, 0.4) is 0 Å². The van der Waals surface area contributed by atoms with Crippen LogP contribution in [0.5, 0.6) is 5.75 Å². The minimum absolute atomic E-state index is 0.634. The zero-order valence-electron chi connectivity index (χ0n) is 6.17. The lowest BCUT2D eigenvalue weighted by atomic mass is 10.3. The number of methoxy groups -OCH3 is 1. The van der Waals surface area contributed by atoms with Crippen molar-refractivity contribution in [3.63, 3.8) is 0 Å². The summed E-state index contributed by atoms with van der Waals surface area (Å²) >= 11 is 5.71. The monoisotopic (exact) mass is 169 g/mol. The van der Waals surface area contributed by atoms with Crippen molar-refractivity contribution in [1.82, 2.24) is 0 Å². The molecule has 0 radical (unpaired) electrons. The second-order valence-corrected chi connectivity index (χ2v) is 2.41. The van der Waals surface area contributed by atoms with Gasteiger partial charge in [0, 0.05) is 11.1 Å². The second kappa shape index (κ2) is 3.39. The van der Waals surface area contributed by atoms with E-state index < -0.39 is 0 Å². The van der Waals surface area contributed by atoms with Gasteiger partial charge < -0.3 is 4.74 Å². The van der Waals surface area contributed by atoms with E-state index in [4.69, 9.17) is 16.3 Å². The Balaban J connectivity index is 3.16. The Hall–Kier alpha value is -1.02. The molecule has 3 heteroatoms. The van der Waals surface area contributed by atoms with Crippen LogP contribution in [-0.2, 0) is 0 Å². The fourth-order valence-electron chi connectivity index (χ4n) is 0.782. The molecule has 0 aromatic heterocycles. The lowest BCUT2D eigenvalue weighted by Crippen LogP contribution is -1.82. The summed E-state index contributed by atoms with van der Waals surface area (Å²) in [5.41, 5.74) is 0.705. The highest BCUT2D eigenvalue weighted by Crippen LogP contribution is 2.29. The summed E-state index contributed by atoms with van der Waals surface area (Å²) in [6, 6.07) is 5.20. The molecule has 0 unspecified atom stereocenters. The average molecular weight is 170 g/mol. The molecule has 0 N–H and O–H groups in total. The molecule has 0 heterocycles. The zero-order valence-corrected chi connectivity index (χ0v) is 6.93. The molecule has 0 saturated heterocycles. The summed E-state index contributed by atoms with van der Waals surface area (Å²) in [4.78, 5) is 3.75. The number of ether oxygens (including phenoxy) is 1. The van der Waals surface area contributed by atoms with Crippen LogP contribution in [0.4, 0.5) is 5.69 Å². The minimum atomic E-state index is 0.634. The van der Waals surface area contributed by atoms with Crippen LogP contribution in [0.25, 0.3) is 0 Å². The summed E-state index contributed by atoms with van der Waals surface area (Å²) < 4.78 is 5.00. The third-order valence-electron chi connectivity index (χ3n) is 1.31. The average Bonchev–Trinajstić information content (AvgIpc) is 2.04. The van der Waals surface area contributed by atoms with E-state index in [-0.39, 0.29) is 0 Å². The molecule has 0 fully saturated rings. The zero-order chi connectivity index (χ0) is 8.27. The van der Waals surface area contributed by atoms with E-state index in [1.54, 1.807) is 25.3 Å². The first kappa shape index (κ1) is 8.08. The van der Waals surface area contributed by atoms with Gasteiger partial charge in [0.15, 0.2) is 0 Å². The number of hydrogen-bond donors (Lipinski definition) is 0. The Morgan fingerprint density at radius 2 is 2.27 bits per heavy atom. The van der Waals surface area contributed by atoms with Gasteiger partial charge in [-0.05, 0) is 18.9 Å². The Labute approximate surface area is 70.5 Å². The summed E-state index contributed by atoms with van der Waals surface area (Å²) in [5.74, 6) is 0.646. The first-order valence-electron chi connectivity index (χ1n) is 3.08. The molecule has 0 atom stereocenters. The van der Waals surface area contributed by atoms with E-state index in [0.29, 0.717) is 16.5 Å². The van der Waals surface area contributed by atoms with Gasteiger partial charge in [-0.1, -0.05) is 11.6 Å². The summed E-state index contributed by atoms with van der Waals surface area (Å²) in [5, 5.41) is 0.634. The first-order valence-corrected chi connectivity index (χ1v) is 3.46. The first-order chi connectivity index (χ1) is 5.27. The van der Waals surface area contributed by atoms with Gasteiger partial charge in [0.1, 0.15) is 11.4 Å². The van der Waals surface area contributed by atoms with Crippen LogP contribution < -0.4 is 4.74 Å². The maximum atomic E-state index is 5.71. The van der Waals surface area contributed by atoms with E-state index in [0.717, 1.165) is 0 Å². The van der Waals surface area contributed by atoms with Crippen LogP contribution in [0.2, 0.25) is 5.02 Å². The van der Waals surface area contributed by atoms with Crippen molar-refractivity contribution in [2.45, 2.75) is 0 Å². The van der Waals surface area contributed by atoms with Crippen LogP contribution in [0.1, 0.15) is 0 Å². The highest BCUT2D eigenvalue weighted by atomic mass is 35.5. The van der Waals surface area contributed by atoms with E-state index >= 15 is 0 Å². The Morgan fingerprint density at radius 1 is 1.55 bits per heavy atom. The molecule has 0 spiro atoms. The fraction of sp³-hybridized carbons (Fsp3) is 0.125. The number of halogens is 1. The number of hydrogen-bond acceptors (Lipinski definition) is 2. The van der Waals surface area contributed by atoms with Gasteiger partial charge in [-0.25, -0.2) is 0 Å². The van der Waals surface area contributed by atoms with E-state index in [2.05, 4.69) is 11.7 Å². The maximum Gasteiger partial charge on any atom is 0.145 e. The number of rotatable bonds is 2. The SMILES string of the molecule is C=Nc1ccc(Cl)cc1OC. The van der Waals surface area contributed by atoms with Gasteiger partial charge in [-0.3, -0.25) is 4.99 Å². The molecule has 0 aliphatic heterocycles. The van der Waals surface area contributed by atoms with E-state index in [1.807, 2.05) is 0 Å². The van der Waals surface area contributed by atoms with Crippen molar-refractivity contribution in [1.29, 1.82) is 0 Å². The van der Waals surface area contributed by atoms with Gasteiger partial charge in [0.2, 0.25) is 0 Å². The minimum Gasteiger partial charge on any atom is -0.494 e. The molecular weight excluding hydrogens is 162 g/mol. The summed E-state index contributed by atoms with van der Waals surface area (Å²) in [6.07, 6.45) is 0. The number of aliphatic imine (C=N–C) groups is 1. The van der Waals surface area contributed by atoms with Gasteiger partial charge in [-0.2, -0.15) is 0 Å². The summed E-state index contributed by atoms with van der Waals surface area (Å²) in [6.45, 7) is 3.40. The molecule has 0 bridgehead atoms. The molecule has 1 rings (SSSR count). The molecule has 58 valence electrons. The van der Waals surface area contributed by atoms with Gasteiger partial charge in [0.25, 0.3) is 0 Å². The van der Waals surface area contributed by atoms with Gasteiger partial charge in [0.05, 0.1) is 7.11 Å². The molecule has 11 heavy (non-hydrogen) atoms. The number of nitrogens with zero attached hydrogens (tertiary/aromatic N) is 1. The van der Waals surface area contributed by atoms with Crippen molar-refractivity contribution in [3.05, 3.63) is 23.2 Å². The van der Waals surface area contributed by atoms with Crippen molar-refractivity contribution in [2.24, 2.45) is 4.99 Å². The smallest absolute Gasteiger partial charge is 0.145 e. The largest absolute Gasteiger partial charge is 0.494 e. The molecular formula is C8H8ClNO. The Bertz CT molecular complexity index is 273.